The fourth-order valence-corrected chi connectivity index (χ4v) is 3.33. The third-order valence-corrected chi connectivity index (χ3v) is 4.89. The van der Waals surface area contributed by atoms with Crippen molar-refractivity contribution in [1.82, 2.24) is 10.2 Å². The van der Waals surface area contributed by atoms with Gasteiger partial charge in [-0.1, -0.05) is 42.5 Å². The van der Waals surface area contributed by atoms with E-state index in [4.69, 9.17) is 4.74 Å². The molecule has 0 heterocycles. The Morgan fingerprint density at radius 2 is 1.61 bits per heavy atom. The fraction of sp³-hybridized carbons (Fsp3) is 0.400. The molecule has 0 saturated heterocycles. The molecule has 0 aliphatic carbocycles. The van der Waals surface area contributed by atoms with E-state index < -0.39 is 29.6 Å². The molecular weight excluding hydrogens is 422 g/mol. The van der Waals surface area contributed by atoms with Gasteiger partial charge in [0, 0.05) is 12.2 Å². The summed E-state index contributed by atoms with van der Waals surface area (Å²) < 4.78 is 5.18. The number of aliphatic hydroxyl groups excluding tert-OH is 1. The van der Waals surface area contributed by atoms with Crippen molar-refractivity contribution in [2.24, 2.45) is 0 Å². The SMILES string of the molecule is Cc1ccccc1NC(=O)C(c1ccccc1C)N(CCO)C(=O)CNC(=O)OC(C)(C)C. The number of alkyl carbamates (subject to hydrolysis) is 1. The van der Waals surface area contributed by atoms with Crippen molar-refractivity contribution in [1.29, 1.82) is 0 Å². The van der Waals surface area contributed by atoms with Gasteiger partial charge in [-0.3, -0.25) is 9.59 Å². The van der Waals surface area contributed by atoms with Crippen LogP contribution >= 0.6 is 0 Å². The van der Waals surface area contributed by atoms with Crippen LogP contribution in [0.25, 0.3) is 0 Å². The first-order valence-electron chi connectivity index (χ1n) is 10.8. The second-order valence-corrected chi connectivity index (χ2v) is 8.73. The first-order valence-corrected chi connectivity index (χ1v) is 10.8. The smallest absolute Gasteiger partial charge is 0.408 e. The Bertz CT molecular complexity index is 984. The molecule has 3 amide bonds. The van der Waals surface area contributed by atoms with Crippen molar-refractivity contribution >= 4 is 23.6 Å². The summed E-state index contributed by atoms with van der Waals surface area (Å²) >= 11 is 0. The Balaban J connectivity index is 2.34. The van der Waals surface area contributed by atoms with Crippen molar-refractivity contribution in [3.8, 4) is 0 Å². The van der Waals surface area contributed by atoms with E-state index in [1.165, 1.54) is 4.90 Å². The molecule has 0 saturated carbocycles. The maximum atomic E-state index is 13.5. The van der Waals surface area contributed by atoms with Gasteiger partial charge >= 0.3 is 6.09 Å². The van der Waals surface area contributed by atoms with Gasteiger partial charge < -0.3 is 25.4 Å². The molecule has 0 radical (unpaired) electrons. The molecule has 8 heteroatoms. The quantitative estimate of drug-likeness (QED) is 0.566. The normalized spacial score (nSPS) is 11.9. The lowest BCUT2D eigenvalue weighted by Gasteiger charge is -2.32. The van der Waals surface area contributed by atoms with Gasteiger partial charge in [0.25, 0.3) is 5.91 Å². The number of para-hydroxylation sites is 1. The van der Waals surface area contributed by atoms with Gasteiger partial charge in [-0.05, 0) is 57.4 Å². The highest BCUT2D eigenvalue weighted by molar-refractivity contribution is 5.99. The molecule has 2 aromatic rings. The Kier molecular flexibility index (Phi) is 8.99. The van der Waals surface area contributed by atoms with E-state index in [0.29, 0.717) is 11.3 Å². The maximum absolute atomic E-state index is 13.5. The van der Waals surface area contributed by atoms with Crippen molar-refractivity contribution < 1.29 is 24.2 Å². The molecule has 0 fully saturated rings. The highest BCUT2D eigenvalue weighted by Gasteiger charge is 2.32. The molecule has 1 atom stereocenters. The molecule has 0 bridgehead atoms. The number of hydrogen-bond donors (Lipinski definition) is 3. The monoisotopic (exact) mass is 455 g/mol. The summed E-state index contributed by atoms with van der Waals surface area (Å²) in [6.45, 7) is 8.07. The summed E-state index contributed by atoms with van der Waals surface area (Å²) in [5.41, 5.74) is 2.24. The van der Waals surface area contributed by atoms with Crippen molar-refractivity contribution in [3.63, 3.8) is 0 Å². The van der Waals surface area contributed by atoms with Gasteiger partial charge in [0.05, 0.1) is 6.61 Å². The van der Waals surface area contributed by atoms with Crippen LogP contribution in [0.3, 0.4) is 0 Å². The predicted octanol–water partition coefficient (Wildman–Crippen LogP) is 3.33. The average Bonchev–Trinajstić information content (AvgIpc) is 2.73. The lowest BCUT2D eigenvalue weighted by Crippen LogP contribution is -2.47. The Morgan fingerprint density at radius 3 is 2.18 bits per heavy atom. The molecule has 2 aromatic carbocycles. The number of aliphatic hydroxyl groups is 1. The van der Waals surface area contributed by atoms with Crippen LogP contribution in [0, 0.1) is 13.8 Å². The van der Waals surface area contributed by atoms with E-state index in [1.54, 1.807) is 39.0 Å². The second-order valence-electron chi connectivity index (χ2n) is 8.73. The number of hydrogen-bond acceptors (Lipinski definition) is 5. The summed E-state index contributed by atoms with van der Waals surface area (Å²) in [7, 11) is 0. The summed E-state index contributed by atoms with van der Waals surface area (Å²) in [5.74, 6) is -0.944. The number of carbonyl (C=O) groups excluding carboxylic acids is 3. The number of benzene rings is 2. The van der Waals surface area contributed by atoms with Crippen LogP contribution < -0.4 is 10.6 Å². The maximum Gasteiger partial charge on any atom is 0.408 e. The van der Waals surface area contributed by atoms with Crippen molar-refractivity contribution in [2.45, 2.75) is 46.3 Å². The summed E-state index contributed by atoms with van der Waals surface area (Å²) in [4.78, 5) is 39.9. The van der Waals surface area contributed by atoms with Crippen molar-refractivity contribution in [3.05, 3.63) is 65.2 Å². The number of nitrogens with one attached hydrogen (secondary N) is 2. The third-order valence-electron chi connectivity index (χ3n) is 4.89. The zero-order valence-electron chi connectivity index (χ0n) is 19.8. The second kappa shape index (κ2) is 11.5. The number of aryl methyl sites for hydroxylation is 2. The molecule has 0 spiro atoms. The molecular formula is C25H33N3O5. The minimum absolute atomic E-state index is 0.0883. The molecule has 33 heavy (non-hydrogen) atoms. The van der Waals surface area contributed by atoms with Gasteiger partial charge in [0.15, 0.2) is 0 Å². The molecule has 8 nitrogen and oxygen atoms in total. The van der Waals surface area contributed by atoms with Crippen LogP contribution in [0.4, 0.5) is 10.5 Å². The van der Waals surface area contributed by atoms with Crippen LogP contribution in [0.2, 0.25) is 0 Å². The van der Waals surface area contributed by atoms with Crippen LogP contribution in [0.1, 0.15) is 43.5 Å². The molecule has 3 N–H and O–H groups in total. The Morgan fingerprint density at radius 1 is 1.00 bits per heavy atom. The standard InChI is InChI=1S/C25H33N3O5/c1-17-10-6-8-12-19(17)22(23(31)27-20-13-9-7-11-18(20)2)28(14-15-29)21(30)16-26-24(32)33-25(3,4)5/h6-13,22,29H,14-16H2,1-5H3,(H,26,32)(H,27,31). The van der Waals surface area contributed by atoms with E-state index in [2.05, 4.69) is 10.6 Å². The minimum atomic E-state index is -1.01. The molecule has 178 valence electrons. The van der Waals surface area contributed by atoms with E-state index in [9.17, 15) is 19.5 Å². The van der Waals surface area contributed by atoms with E-state index >= 15 is 0 Å². The van der Waals surface area contributed by atoms with Gasteiger partial charge in [-0.15, -0.1) is 0 Å². The number of anilines is 1. The number of carbonyl (C=O) groups is 3. The van der Waals surface area contributed by atoms with Gasteiger partial charge in [-0.25, -0.2) is 4.79 Å². The molecule has 1 unspecified atom stereocenters. The first kappa shape index (κ1) is 25.9. The highest BCUT2D eigenvalue weighted by Crippen LogP contribution is 2.26. The Labute approximate surface area is 194 Å². The summed E-state index contributed by atoms with van der Waals surface area (Å²) in [6, 6.07) is 13.6. The van der Waals surface area contributed by atoms with E-state index in [0.717, 1.165) is 11.1 Å². The van der Waals surface area contributed by atoms with Crippen LogP contribution in [-0.4, -0.2) is 53.2 Å². The van der Waals surface area contributed by atoms with Crippen LogP contribution in [0.5, 0.6) is 0 Å². The van der Waals surface area contributed by atoms with Gasteiger partial charge in [0.1, 0.15) is 18.2 Å². The first-order chi connectivity index (χ1) is 15.5. The lowest BCUT2D eigenvalue weighted by molar-refractivity contribution is -0.138. The number of amides is 3. The molecule has 0 aromatic heterocycles. The number of rotatable bonds is 8. The van der Waals surface area contributed by atoms with Crippen LogP contribution in [0.15, 0.2) is 48.5 Å². The average molecular weight is 456 g/mol. The fourth-order valence-electron chi connectivity index (χ4n) is 3.33. The largest absolute Gasteiger partial charge is 0.444 e. The summed E-state index contributed by atoms with van der Waals surface area (Å²) in [6.07, 6.45) is -0.739. The van der Waals surface area contributed by atoms with Gasteiger partial charge in [-0.2, -0.15) is 0 Å². The third kappa shape index (κ3) is 7.61. The Hall–Kier alpha value is -3.39. The molecule has 0 aliphatic rings. The zero-order chi connectivity index (χ0) is 24.6. The molecule has 0 aliphatic heterocycles. The minimum Gasteiger partial charge on any atom is -0.444 e. The topological polar surface area (TPSA) is 108 Å². The van der Waals surface area contributed by atoms with E-state index in [-0.39, 0.29) is 19.7 Å². The summed E-state index contributed by atoms with van der Waals surface area (Å²) in [5, 5.41) is 15.0. The zero-order valence-corrected chi connectivity index (χ0v) is 19.8. The lowest BCUT2D eigenvalue weighted by atomic mass is 9.98. The highest BCUT2D eigenvalue weighted by atomic mass is 16.6. The van der Waals surface area contributed by atoms with E-state index in [1.807, 2.05) is 44.2 Å². The number of nitrogens with zero attached hydrogens (tertiary/aromatic N) is 1. The molecule has 2 rings (SSSR count). The predicted molar refractivity (Wildman–Crippen MR) is 127 cm³/mol. The van der Waals surface area contributed by atoms with Crippen LogP contribution in [-0.2, 0) is 14.3 Å². The van der Waals surface area contributed by atoms with Gasteiger partial charge in [0.2, 0.25) is 5.91 Å². The number of ether oxygens (including phenoxy) is 1. The van der Waals surface area contributed by atoms with Crippen molar-refractivity contribution in [2.75, 3.05) is 25.0 Å².